The van der Waals surface area contributed by atoms with Crippen LogP contribution in [0.2, 0.25) is 0 Å². The average molecular weight is 497 g/mol. The minimum atomic E-state index is -0.659. The van der Waals surface area contributed by atoms with Gasteiger partial charge in [-0.1, -0.05) is 47.6 Å². The molecule has 37 heavy (non-hydrogen) atoms. The van der Waals surface area contributed by atoms with E-state index < -0.39 is 12.0 Å². The summed E-state index contributed by atoms with van der Waals surface area (Å²) in [6.45, 7) is 3.98. The molecule has 0 spiro atoms. The highest BCUT2D eigenvalue weighted by molar-refractivity contribution is 6.06. The number of allylic oxidation sites excluding steroid dienone is 1. The Morgan fingerprint density at radius 1 is 1.00 bits per heavy atom. The van der Waals surface area contributed by atoms with Crippen molar-refractivity contribution in [3.8, 4) is 11.5 Å². The van der Waals surface area contributed by atoms with E-state index in [1.807, 2.05) is 43.3 Å². The van der Waals surface area contributed by atoms with Gasteiger partial charge in [-0.15, -0.1) is 0 Å². The molecule has 0 bridgehead atoms. The minimum Gasteiger partial charge on any atom is -0.490 e. The summed E-state index contributed by atoms with van der Waals surface area (Å²) < 4.78 is 13.0. The van der Waals surface area contributed by atoms with Gasteiger partial charge in [0.05, 0.1) is 17.7 Å². The zero-order valence-electron chi connectivity index (χ0n) is 20.2. The predicted octanol–water partition coefficient (Wildman–Crippen LogP) is 4.22. The third-order valence-corrected chi connectivity index (χ3v) is 5.79. The van der Waals surface area contributed by atoms with Crippen LogP contribution in [0.5, 0.6) is 11.5 Å². The molecule has 0 aliphatic carbocycles. The van der Waals surface area contributed by atoms with Gasteiger partial charge in [0, 0.05) is 11.4 Å². The van der Waals surface area contributed by atoms with Crippen molar-refractivity contribution in [2.45, 2.75) is 19.9 Å². The third-order valence-electron chi connectivity index (χ3n) is 5.79. The maximum Gasteiger partial charge on any atom is 0.343 e. The van der Waals surface area contributed by atoms with Crippen LogP contribution in [0.1, 0.15) is 35.8 Å². The van der Waals surface area contributed by atoms with Crippen molar-refractivity contribution in [2.24, 2.45) is 0 Å². The highest BCUT2D eigenvalue weighted by Crippen LogP contribution is 2.39. The molecular weight excluding hydrogens is 472 g/mol. The van der Waals surface area contributed by atoms with Gasteiger partial charge in [0.1, 0.15) is 6.04 Å². The molecule has 1 aliphatic heterocycles. The molecule has 10 heteroatoms. The van der Waals surface area contributed by atoms with Gasteiger partial charge in [-0.2, -0.15) is 4.68 Å². The fourth-order valence-electron chi connectivity index (χ4n) is 4.11. The molecule has 186 valence electrons. The Hall–Kier alpha value is -4.99. The Morgan fingerprint density at radius 3 is 2.46 bits per heavy atom. The van der Waals surface area contributed by atoms with E-state index in [9.17, 15) is 9.59 Å². The van der Waals surface area contributed by atoms with Gasteiger partial charge in [0.2, 0.25) is 5.95 Å². The average Bonchev–Trinajstić information content (AvgIpc) is 3.38. The van der Waals surface area contributed by atoms with Crippen molar-refractivity contribution >= 4 is 23.5 Å². The minimum absolute atomic E-state index is 0.265. The van der Waals surface area contributed by atoms with Gasteiger partial charge in [0.15, 0.2) is 11.5 Å². The van der Waals surface area contributed by atoms with E-state index in [-0.39, 0.29) is 11.7 Å². The second-order valence-electron chi connectivity index (χ2n) is 8.23. The Labute approximate surface area is 212 Å². The van der Waals surface area contributed by atoms with Gasteiger partial charge in [0.25, 0.3) is 5.91 Å². The van der Waals surface area contributed by atoms with Crippen molar-refractivity contribution < 1.29 is 19.1 Å². The second-order valence-corrected chi connectivity index (χ2v) is 8.23. The second kappa shape index (κ2) is 10.3. The number of hydrogen-bond donors (Lipinski definition) is 2. The smallest absolute Gasteiger partial charge is 0.343 e. The molecule has 1 aliphatic rings. The molecule has 4 aromatic rings. The number of tetrazole rings is 1. The Kier molecular flexibility index (Phi) is 6.62. The van der Waals surface area contributed by atoms with Gasteiger partial charge >= 0.3 is 5.97 Å². The summed E-state index contributed by atoms with van der Waals surface area (Å²) in [5.41, 5.74) is 2.80. The summed E-state index contributed by atoms with van der Waals surface area (Å²) in [5, 5.41) is 18.0. The lowest BCUT2D eigenvalue weighted by Crippen LogP contribution is -2.31. The molecular formula is C27H24N6O4. The normalized spacial score (nSPS) is 14.4. The number of benzene rings is 3. The summed E-state index contributed by atoms with van der Waals surface area (Å²) in [4.78, 5) is 26.1. The lowest BCUT2D eigenvalue weighted by Gasteiger charge is -2.28. The number of aromatic nitrogens is 4. The molecule has 2 heterocycles. The molecule has 1 unspecified atom stereocenters. The maximum atomic E-state index is 13.5. The van der Waals surface area contributed by atoms with Crippen LogP contribution in [0.25, 0.3) is 0 Å². The number of hydrogen-bond acceptors (Lipinski definition) is 8. The third kappa shape index (κ3) is 4.90. The topological polar surface area (TPSA) is 120 Å². The van der Waals surface area contributed by atoms with Crippen LogP contribution in [0.3, 0.4) is 0 Å². The van der Waals surface area contributed by atoms with Crippen molar-refractivity contribution in [3.05, 3.63) is 101 Å². The first-order valence-corrected chi connectivity index (χ1v) is 11.7. The SMILES string of the molecule is CCOc1cc(C2C(C(=O)Nc3ccccc3)=C(C)Nc3nnnn32)ccc1OC(=O)c1ccccc1. The molecule has 10 nitrogen and oxygen atoms in total. The van der Waals surface area contributed by atoms with Crippen molar-refractivity contribution in [1.29, 1.82) is 0 Å². The number of ether oxygens (including phenoxy) is 2. The molecule has 1 aromatic heterocycles. The van der Waals surface area contributed by atoms with E-state index in [2.05, 4.69) is 26.2 Å². The summed E-state index contributed by atoms with van der Waals surface area (Å²) >= 11 is 0. The number of nitrogens with one attached hydrogen (secondary N) is 2. The fourth-order valence-corrected chi connectivity index (χ4v) is 4.11. The molecule has 2 N–H and O–H groups in total. The molecule has 0 saturated heterocycles. The number of rotatable bonds is 7. The molecule has 0 saturated carbocycles. The van der Waals surface area contributed by atoms with Crippen molar-refractivity contribution in [2.75, 3.05) is 17.2 Å². The number of esters is 1. The van der Waals surface area contributed by atoms with Crippen LogP contribution < -0.4 is 20.1 Å². The molecule has 0 radical (unpaired) electrons. The van der Waals surface area contributed by atoms with Crippen molar-refractivity contribution in [3.63, 3.8) is 0 Å². The van der Waals surface area contributed by atoms with E-state index in [4.69, 9.17) is 9.47 Å². The van der Waals surface area contributed by atoms with Gasteiger partial charge < -0.3 is 20.1 Å². The number of fused-ring (bicyclic) bond motifs is 1. The lowest BCUT2D eigenvalue weighted by molar-refractivity contribution is -0.113. The van der Waals surface area contributed by atoms with E-state index in [0.717, 1.165) is 0 Å². The number of para-hydroxylation sites is 1. The van der Waals surface area contributed by atoms with E-state index >= 15 is 0 Å². The highest BCUT2D eigenvalue weighted by Gasteiger charge is 2.34. The van der Waals surface area contributed by atoms with Crippen LogP contribution >= 0.6 is 0 Å². The number of nitrogens with zero attached hydrogens (tertiary/aromatic N) is 4. The number of carbonyl (C=O) groups excluding carboxylic acids is 2. The van der Waals surface area contributed by atoms with Gasteiger partial charge in [-0.25, -0.2) is 4.79 Å². The Morgan fingerprint density at radius 2 is 1.73 bits per heavy atom. The number of carbonyl (C=O) groups is 2. The number of anilines is 2. The molecule has 5 rings (SSSR count). The summed E-state index contributed by atoms with van der Waals surface area (Å²) in [7, 11) is 0. The first-order valence-electron chi connectivity index (χ1n) is 11.7. The first-order chi connectivity index (χ1) is 18.0. The summed E-state index contributed by atoms with van der Waals surface area (Å²) in [6, 6.07) is 22.4. The van der Waals surface area contributed by atoms with Gasteiger partial charge in [-0.3, -0.25) is 4.79 Å². The van der Waals surface area contributed by atoms with Crippen LogP contribution in [-0.2, 0) is 4.79 Å². The predicted molar refractivity (Wildman–Crippen MR) is 136 cm³/mol. The van der Waals surface area contributed by atoms with E-state index in [1.54, 1.807) is 49.4 Å². The van der Waals surface area contributed by atoms with Crippen LogP contribution in [0.15, 0.2) is 90.1 Å². The standard InChI is InChI=1S/C27H24N6O4/c1-3-36-22-16-19(14-15-21(22)37-26(35)18-10-6-4-7-11-18)24-23(17(2)28-27-30-31-32-33(24)27)25(34)29-20-12-8-5-9-13-20/h4-16,24H,3H2,1-2H3,(H,29,34)(H,28,30,32). The van der Waals surface area contributed by atoms with Crippen molar-refractivity contribution in [1.82, 2.24) is 20.2 Å². The van der Waals surface area contributed by atoms with Crippen LogP contribution in [-0.4, -0.2) is 38.7 Å². The molecule has 3 aromatic carbocycles. The van der Waals surface area contributed by atoms with Gasteiger partial charge in [-0.05, 0) is 66.2 Å². The monoisotopic (exact) mass is 496 g/mol. The zero-order chi connectivity index (χ0) is 25.8. The summed E-state index contributed by atoms with van der Waals surface area (Å²) in [5.74, 6) is 0.216. The Bertz CT molecular complexity index is 1470. The zero-order valence-corrected chi connectivity index (χ0v) is 20.2. The quantitative estimate of drug-likeness (QED) is 0.288. The first kappa shape index (κ1) is 23.7. The lowest BCUT2D eigenvalue weighted by atomic mass is 9.94. The fraction of sp³-hybridized carbons (Fsp3) is 0.148. The van der Waals surface area contributed by atoms with Crippen LogP contribution in [0, 0.1) is 0 Å². The van der Waals surface area contributed by atoms with E-state index in [1.165, 1.54) is 4.68 Å². The van der Waals surface area contributed by atoms with Crippen LogP contribution in [0.4, 0.5) is 11.6 Å². The number of amides is 1. The maximum absolute atomic E-state index is 13.5. The Balaban J connectivity index is 1.52. The highest BCUT2D eigenvalue weighted by atomic mass is 16.6. The molecule has 1 amide bonds. The molecule has 1 atom stereocenters. The van der Waals surface area contributed by atoms with E-state index in [0.29, 0.717) is 46.4 Å². The largest absolute Gasteiger partial charge is 0.490 e. The summed E-state index contributed by atoms with van der Waals surface area (Å²) in [6.07, 6.45) is 0. The molecule has 0 fully saturated rings.